The van der Waals surface area contributed by atoms with Crippen LogP contribution >= 0.6 is 22.6 Å². The van der Waals surface area contributed by atoms with Crippen LogP contribution in [-0.2, 0) is 33.4 Å². The molecule has 24 heavy (non-hydrogen) atoms. The molecule has 11 heteroatoms. The summed E-state index contributed by atoms with van der Waals surface area (Å²) in [6, 6.07) is -1.000. The summed E-state index contributed by atoms with van der Waals surface area (Å²) < 4.78 is 16.2. The molecule has 1 N–H and O–H groups in total. The van der Waals surface area contributed by atoms with Crippen molar-refractivity contribution in [2.24, 2.45) is 0 Å². The number of urea groups is 1. The first-order chi connectivity index (χ1) is 11.1. The zero-order valence-electron chi connectivity index (χ0n) is 13.0. The first kappa shape index (κ1) is 18.6. The number of halogens is 1. The molecular formula is C13H15IN2O8. The van der Waals surface area contributed by atoms with Crippen molar-refractivity contribution < 1.29 is 38.2 Å². The molecule has 0 radical (unpaired) electrons. The molecular weight excluding hydrogens is 439 g/mol. The van der Waals surface area contributed by atoms with Gasteiger partial charge in [0.2, 0.25) is 5.91 Å². The number of alkyl halides is 1. The van der Waals surface area contributed by atoms with Crippen LogP contribution in [0.15, 0.2) is 0 Å². The highest BCUT2D eigenvalue weighted by Gasteiger charge is 2.71. The number of esters is 2. The third kappa shape index (κ3) is 2.85. The molecule has 2 aliphatic heterocycles. The highest BCUT2D eigenvalue weighted by Crippen LogP contribution is 2.41. The fourth-order valence-electron chi connectivity index (χ4n) is 2.79. The molecule has 0 saturated carbocycles. The Kier molecular flexibility index (Phi) is 5.13. The van der Waals surface area contributed by atoms with Crippen LogP contribution in [0.3, 0.4) is 0 Å². The van der Waals surface area contributed by atoms with Crippen LogP contribution in [0, 0.1) is 0 Å². The van der Waals surface area contributed by atoms with Gasteiger partial charge in [-0.15, -0.1) is 0 Å². The molecule has 4 atom stereocenters. The SMILES string of the molecule is CC(=O)O[C@H]1[C@H](CI)O[C@]2(C(=O)NC(=O)N2C(C)=O)[C@@H]1OC(C)=O. The van der Waals surface area contributed by atoms with Gasteiger partial charge in [-0.3, -0.25) is 24.5 Å². The zero-order chi connectivity index (χ0) is 18.2. The summed E-state index contributed by atoms with van der Waals surface area (Å²) in [7, 11) is 0. The zero-order valence-corrected chi connectivity index (χ0v) is 15.2. The number of hydrogen-bond acceptors (Lipinski definition) is 8. The van der Waals surface area contributed by atoms with Crippen molar-refractivity contribution in [3.05, 3.63) is 0 Å². The number of nitrogens with zero attached hydrogens (tertiary/aromatic N) is 1. The summed E-state index contributed by atoms with van der Waals surface area (Å²) >= 11 is 1.92. The molecule has 0 aromatic heterocycles. The van der Waals surface area contributed by atoms with Crippen molar-refractivity contribution in [1.29, 1.82) is 0 Å². The Morgan fingerprint density at radius 3 is 2.25 bits per heavy atom. The van der Waals surface area contributed by atoms with Gasteiger partial charge in [0.05, 0.1) is 0 Å². The fraction of sp³-hybridized carbons (Fsp3) is 0.615. The third-order valence-electron chi connectivity index (χ3n) is 3.52. The maximum atomic E-state index is 12.4. The van der Waals surface area contributed by atoms with Gasteiger partial charge in [-0.1, -0.05) is 22.6 Å². The Bertz CT molecular complexity index is 623. The van der Waals surface area contributed by atoms with Crippen LogP contribution in [-0.4, -0.2) is 63.1 Å². The van der Waals surface area contributed by atoms with Crippen LogP contribution in [0.1, 0.15) is 20.8 Å². The smallest absolute Gasteiger partial charge is 0.333 e. The second kappa shape index (κ2) is 6.63. The van der Waals surface area contributed by atoms with Gasteiger partial charge in [-0.05, 0) is 0 Å². The highest BCUT2D eigenvalue weighted by molar-refractivity contribution is 14.1. The molecule has 0 bridgehead atoms. The van der Waals surface area contributed by atoms with Crippen molar-refractivity contribution >= 4 is 52.4 Å². The summed E-state index contributed by atoms with van der Waals surface area (Å²) in [5.74, 6) is -3.22. The van der Waals surface area contributed by atoms with Crippen LogP contribution in [0.25, 0.3) is 0 Å². The lowest BCUT2D eigenvalue weighted by Gasteiger charge is -2.33. The number of ether oxygens (including phenoxy) is 3. The minimum atomic E-state index is -2.20. The quantitative estimate of drug-likeness (QED) is 0.261. The second-order valence-corrected chi connectivity index (χ2v) is 6.11. The molecule has 0 aliphatic carbocycles. The maximum Gasteiger partial charge on any atom is 0.333 e. The molecule has 0 aromatic carbocycles. The topological polar surface area (TPSA) is 128 Å². The Morgan fingerprint density at radius 2 is 1.79 bits per heavy atom. The van der Waals surface area contributed by atoms with E-state index < -0.39 is 53.8 Å². The van der Waals surface area contributed by atoms with Gasteiger partial charge >= 0.3 is 18.0 Å². The normalized spacial score (nSPS) is 32.0. The summed E-state index contributed by atoms with van der Waals surface area (Å²) in [4.78, 5) is 59.7. The van der Waals surface area contributed by atoms with E-state index in [-0.39, 0.29) is 4.43 Å². The minimum absolute atomic E-state index is 0.252. The maximum absolute atomic E-state index is 12.4. The lowest BCUT2D eigenvalue weighted by molar-refractivity contribution is -0.190. The van der Waals surface area contributed by atoms with E-state index in [1.54, 1.807) is 0 Å². The van der Waals surface area contributed by atoms with Gasteiger partial charge < -0.3 is 14.2 Å². The van der Waals surface area contributed by atoms with Crippen LogP contribution < -0.4 is 5.32 Å². The van der Waals surface area contributed by atoms with E-state index in [0.717, 1.165) is 20.8 Å². The molecule has 1 spiro atoms. The van der Waals surface area contributed by atoms with Gasteiger partial charge in [0.15, 0.2) is 12.2 Å². The monoisotopic (exact) mass is 454 g/mol. The van der Waals surface area contributed by atoms with Gasteiger partial charge in [-0.2, -0.15) is 0 Å². The van der Waals surface area contributed by atoms with Gasteiger partial charge in [0.1, 0.15) is 6.10 Å². The van der Waals surface area contributed by atoms with Crippen LogP contribution in [0.4, 0.5) is 4.79 Å². The number of imide groups is 2. The number of amides is 4. The molecule has 10 nitrogen and oxygen atoms in total. The number of nitrogens with one attached hydrogen (secondary N) is 1. The molecule has 0 aromatic rings. The van der Waals surface area contributed by atoms with E-state index in [1.165, 1.54) is 0 Å². The molecule has 2 fully saturated rings. The highest BCUT2D eigenvalue weighted by atomic mass is 127. The Balaban J connectivity index is 2.58. The summed E-state index contributed by atoms with van der Waals surface area (Å²) in [5, 5.41) is 1.97. The predicted molar refractivity (Wildman–Crippen MR) is 83.7 cm³/mol. The Hall–Kier alpha value is -1.76. The van der Waals surface area contributed by atoms with Gasteiger partial charge in [-0.25, -0.2) is 9.69 Å². The minimum Gasteiger partial charge on any atom is -0.456 e. The number of hydrogen-bond donors (Lipinski definition) is 1. The van der Waals surface area contributed by atoms with Crippen molar-refractivity contribution in [1.82, 2.24) is 10.2 Å². The molecule has 132 valence electrons. The van der Waals surface area contributed by atoms with Gasteiger partial charge in [0.25, 0.3) is 11.6 Å². The van der Waals surface area contributed by atoms with E-state index in [0.29, 0.717) is 4.90 Å². The standard InChI is InChI=1S/C13H15IN2O8/c1-5(17)16-12(21)15-11(20)13(16)10(23-7(3)19)9(22-6(2)18)8(4-14)24-13/h8-10H,4H2,1-3H3,(H,15,20,21)/t8-,9-,10+,13-/m0/s1. The first-order valence-electron chi connectivity index (χ1n) is 6.89. The number of rotatable bonds is 3. The Labute approximate surface area is 150 Å². The molecule has 2 rings (SSSR count). The fourth-order valence-corrected chi connectivity index (χ4v) is 3.47. The first-order valence-corrected chi connectivity index (χ1v) is 8.42. The summed E-state index contributed by atoms with van der Waals surface area (Å²) in [6.07, 6.45) is -3.49. The molecule has 2 saturated heterocycles. The van der Waals surface area contributed by atoms with Crippen molar-refractivity contribution in [3.63, 3.8) is 0 Å². The van der Waals surface area contributed by atoms with Crippen molar-refractivity contribution in [2.45, 2.75) is 44.8 Å². The number of carbonyl (C=O) groups is 5. The van der Waals surface area contributed by atoms with Crippen molar-refractivity contribution in [2.75, 3.05) is 4.43 Å². The van der Waals surface area contributed by atoms with E-state index in [1.807, 2.05) is 27.9 Å². The van der Waals surface area contributed by atoms with E-state index >= 15 is 0 Å². The molecule has 4 amide bonds. The second-order valence-electron chi connectivity index (χ2n) is 5.22. The van der Waals surface area contributed by atoms with Gasteiger partial charge in [0, 0.05) is 25.2 Å². The van der Waals surface area contributed by atoms with E-state index in [4.69, 9.17) is 14.2 Å². The van der Waals surface area contributed by atoms with E-state index in [2.05, 4.69) is 0 Å². The Morgan fingerprint density at radius 1 is 1.21 bits per heavy atom. The largest absolute Gasteiger partial charge is 0.456 e. The predicted octanol–water partition coefficient (Wildman–Crippen LogP) is -0.522. The average molecular weight is 454 g/mol. The number of carbonyl (C=O) groups excluding carboxylic acids is 5. The lowest BCUT2D eigenvalue weighted by Crippen LogP contribution is -2.61. The molecule has 0 unspecified atom stereocenters. The summed E-state index contributed by atoms with van der Waals surface area (Å²) in [5.41, 5.74) is -2.20. The molecule has 2 aliphatic rings. The average Bonchev–Trinajstić information content (AvgIpc) is 2.86. The van der Waals surface area contributed by atoms with Crippen LogP contribution in [0.2, 0.25) is 0 Å². The van der Waals surface area contributed by atoms with Crippen LogP contribution in [0.5, 0.6) is 0 Å². The molecule has 2 heterocycles. The van der Waals surface area contributed by atoms with Crippen molar-refractivity contribution in [3.8, 4) is 0 Å². The summed E-state index contributed by atoms with van der Waals surface area (Å²) in [6.45, 7) is 3.29. The third-order valence-corrected chi connectivity index (χ3v) is 4.39. The van der Waals surface area contributed by atoms with E-state index in [9.17, 15) is 24.0 Å². The lowest BCUT2D eigenvalue weighted by atomic mass is 10.0.